The molecule has 2 aromatic heterocycles. The van der Waals surface area contributed by atoms with E-state index >= 15 is 0 Å². The van der Waals surface area contributed by atoms with Gasteiger partial charge >= 0.3 is 0 Å². The van der Waals surface area contributed by atoms with Gasteiger partial charge in [-0.25, -0.2) is 15.0 Å². The van der Waals surface area contributed by atoms with Gasteiger partial charge in [-0.15, -0.1) is 11.3 Å². The van der Waals surface area contributed by atoms with E-state index in [0.717, 1.165) is 16.7 Å². The summed E-state index contributed by atoms with van der Waals surface area (Å²) in [6.07, 6.45) is 0. The fourth-order valence-corrected chi connectivity index (χ4v) is 8.30. The Balaban J connectivity index is 1.20. The number of aromatic nitrogens is 3. The summed E-state index contributed by atoms with van der Waals surface area (Å²) in [5, 5.41) is 2.44. The van der Waals surface area contributed by atoms with Crippen LogP contribution in [0.15, 0.2) is 164 Å². The fourth-order valence-electron chi connectivity index (χ4n) is 6.95. The van der Waals surface area contributed by atoms with Crippen molar-refractivity contribution in [1.82, 2.24) is 15.0 Å². The van der Waals surface area contributed by atoms with Gasteiger partial charge in [-0.1, -0.05) is 146 Å². The molecule has 9 aromatic rings. The molecule has 0 N–H and O–H groups in total. The van der Waals surface area contributed by atoms with Crippen molar-refractivity contribution in [2.75, 3.05) is 0 Å². The predicted molar refractivity (Wildman–Crippen MR) is 215 cm³/mol. The molecule has 0 spiro atoms. The Hall–Kier alpha value is -6.23. The van der Waals surface area contributed by atoms with E-state index in [0.29, 0.717) is 17.5 Å². The first-order valence-electron chi connectivity index (χ1n) is 17.2. The molecule has 0 saturated carbocycles. The van der Waals surface area contributed by atoms with Crippen LogP contribution < -0.4 is 0 Å². The molecule has 0 aliphatic heterocycles. The highest BCUT2D eigenvalue weighted by Crippen LogP contribution is 2.44. The van der Waals surface area contributed by atoms with Crippen LogP contribution in [-0.4, -0.2) is 15.0 Å². The van der Waals surface area contributed by atoms with Crippen molar-refractivity contribution >= 4 is 31.5 Å². The van der Waals surface area contributed by atoms with Crippen molar-refractivity contribution < 1.29 is 0 Å². The maximum Gasteiger partial charge on any atom is 0.165 e. The van der Waals surface area contributed by atoms with Gasteiger partial charge in [0.1, 0.15) is 0 Å². The summed E-state index contributed by atoms with van der Waals surface area (Å²) in [6.45, 7) is 4.42. The largest absolute Gasteiger partial charge is 0.208 e. The molecule has 4 heteroatoms. The SMILES string of the molecule is Cc1ccc(-c2ccccc2)cc1-c1cc(-c2cccc3c2sc2c(-c4nc(-c5ccccc5)nc(-c5ccccc5)n4)cccc23)ccc1C. The van der Waals surface area contributed by atoms with Gasteiger partial charge in [0.15, 0.2) is 17.5 Å². The zero-order valence-electron chi connectivity index (χ0n) is 28.3. The Morgan fingerprint density at radius 2 is 0.784 bits per heavy atom. The molecule has 3 nitrogen and oxygen atoms in total. The maximum atomic E-state index is 5.08. The zero-order valence-corrected chi connectivity index (χ0v) is 29.2. The third-order valence-electron chi connectivity index (χ3n) is 9.65. The van der Waals surface area contributed by atoms with E-state index < -0.39 is 0 Å². The summed E-state index contributed by atoms with van der Waals surface area (Å²) >= 11 is 1.82. The molecule has 0 fully saturated rings. The van der Waals surface area contributed by atoms with Crippen molar-refractivity contribution in [3.8, 4) is 67.5 Å². The number of thiophene rings is 1. The number of rotatable bonds is 6. The summed E-state index contributed by atoms with van der Waals surface area (Å²) in [6, 6.07) is 57.8. The van der Waals surface area contributed by atoms with Crippen molar-refractivity contribution in [2.45, 2.75) is 13.8 Å². The van der Waals surface area contributed by atoms with Crippen LogP contribution in [0.1, 0.15) is 11.1 Å². The second-order valence-corrected chi connectivity index (χ2v) is 14.0. The molecule has 0 aliphatic carbocycles. The highest BCUT2D eigenvalue weighted by molar-refractivity contribution is 7.26. The smallest absolute Gasteiger partial charge is 0.165 e. The standard InChI is InChI=1S/C47H33N3S/c1-30-24-26-35(32-14-6-3-7-15-32)28-41(30)42-29-36(27-25-31(42)2)37-20-12-21-38-39-22-13-23-40(44(39)51-43(37)38)47-49-45(33-16-8-4-9-17-33)48-46(50-47)34-18-10-5-11-19-34/h3-29H,1-2H3. The molecule has 0 amide bonds. The van der Waals surface area contributed by atoms with E-state index in [1.807, 2.05) is 47.7 Å². The molecule has 2 heterocycles. The number of aryl methyl sites for hydroxylation is 2. The molecule has 0 radical (unpaired) electrons. The third kappa shape index (κ3) is 5.70. The number of nitrogens with zero attached hydrogens (tertiary/aromatic N) is 3. The van der Waals surface area contributed by atoms with Crippen LogP contribution >= 0.6 is 11.3 Å². The van der Waals surface area contributed by atoms with Crippen LogP contribution in [0, 0.1) is 13.8 Å². The lowest BCUT2D eigenvalue weighted by Crippen LogP contribution is -2.00. The first-order chi connectivity index (χ1) is 25.1. The minimum Gasteiger partial charge on any atom is -0.208 e. The lowest BCUT2D eigenvalue weighted by molar-refractivity contribution is 1.08. The molecule has 0 atom stereocenters. The minimum atomic E-state index is 0.664. The van der Waals surface area contributed by atoms with Crippen molar-refractivity contribution in [3.05, 3.63) is 175 Å². The number of fused-ring (bicyclic) bond motifs is 3. The first-order valence-corrected chi connectivity index (χ1v) is 18.0. The Kier molecular flexibility index (Phi) is 7.79. The Morgan fingerprint density at radius 1 is 0.333 bits per heavy atom. The molecule has 0 unspecified atom stereocenters. The van der Waals surface area contributed by atoms with E-state index in [1.165, 1.54) is 64.7 Å². The molecule has 0 aliphatic rings. The van der Waals surface area contributed by atoms with Crippen LogP contribution in [0.25, 0.3) is 87.7 Å². The predicted octanol–water partition coefficient (Wildman–Crippen LogP) is 12.9. The van der Waals surface area contributed by atoms with E-state index in [2.05, 4.69) is 141 Å². The monoisotopic (exact) mass is 671 g/mol. The van der Waals surface area contributed by atoms with Gasteiger partial charge in [0.2, 0.25) is 0 Å². The normalized spacial score (nSPS) is 11.3. The second-order valence-electron chi connectivity index (χ2n) is 12.9. The maximum absolute atomic E-state index is 5.08. The summed E-state index contributed by atoms with van der Waals surface area (Å²) in [4.78, 5) is 15.1. The average Bonchev–Trinajstić information content (AvgIpc) is 3.59. The molecule has 9 rings (SSSR count). The molecule has 7 aromatic carbocycles. The van der Waals surface area contributed by atoms with Gasteiger partial charge in [0, 0.05) is 36.9 Å². The van der Waals surface area contributed by atoms with Crippen LogP contribution in [0.4, 0.5) is 0 Å². The van der Waals surface area contributed by atoms with Crippen LogP contribution in [0.3, 0.4) is 0 Å². The summed E-state index contributed by atoms with van der Waals surface area (Å²) in [5.74, 6) is 2.00. The summed E-state index contributed by atoms with van der Waals surface area (Å²) in [5.41, 5.74) is 12.9. The molecule has 0 saturated heterocycles. The van der Waals surface area contributed by atoms with E-state index in [4.69, 9.17) is 15.0 Å². The zero-order chi connectivity index (χ0) is 34.3. The highest BCUT2D eigenvalue weighted by atomic mass is 32.1. The van der Waals surface area contributed by atoms with Crippen LogP contribution in [-0.2, 0) is 0 Å². The van der Waals surface area contributed by atoms with Crippen LogP contribution in [0.2, 0.25) is 0 Å². The first kappa shape index (κ1) is 30.8. The van der Waals surface area contributed by atoms with Gasteiger partial charge in [0.25, 0.3) is 0 Å². The van der Waals surface area contributed by atoms with Gasteiger partial charge in [0.05, 0.1) is 0 Å². The summed E-state index contributed by atoms with van der Waals surface area (Å²) in [7, 11) is 0. The third-order valence-corrected chi connectivity index (χ3v) is 10.9. The highest BCUT2D eigenvalue weighted by Gasteiger charge is 2.19. The fraction of sp³-hybridized carbons (Fsp3) is 0.0426. The second kappa shape index (κ2) is 12.9. The number of hydrogen-bond acceptors (Lipinski definition) is 4. The Bertz CT molecular complexity index is 2640. The molecule has 51 heavy (non-hydrogen) atoms. The quantitative estimate of drug-likeness (QED) is 0.177. The molecular formula is C47H33N3S. The molecule has 242 valence electrons. The lowest BCUT2D eigenvalue weighted by atomic mass is 9.90. The van der Waals surface area contributed by atoms with Gasteiger partial charge < -0.3 is 0 Å². The van der Waals surface area contributed by atoms with Crippen molar-refractivity contribution in [3.63, 3.8) is 0 Å². The van der Waals surface area contributed by atoms with Gasteiger partial charge in [-0.05, 0) is 76.6 Å². The van der Waals surface area contributed by atoms with Crippen molar-refractivity contribution in [2.24, 2.45) is 0 Å². The van der Waals surface area contributed by atoms with Crippen LogP contribution in [0.5, 0.6) is 0 Å². The van der Waals surface area contributed by atoms with E-state index in [9.17, 15) is 0 Å². The number of benzene rings is 7. The Morgan fingerprint density at radius 3 is 1.35 bits per heavy atom. The van der Waals surface area contributed by atoms with Gasteiger partial charge in [-0.2, -0.15) is 0 Å². The average molecular weight is 672 g/mol. The summed E-state index contributed by atoms with van der Waals surface area (Å²) < 4.78 is 2.42. The number of hydrogen-bond donors (Lipinski definition) is 0. The Labute approximate surface area is 301 Å². The lowest BCUT2D eigenvalue weighted by Gasteiger charge is -2.14. The van der Waals surface area contributed by atoms with Crippen molar-refractivity contribution in [1.29, 1.82) is 0 Å². The topological polar surface area (TPSA) is 38.7 Å². The minimum absolute atomic E-state index is 0.664. The molecule has 0 bridgehead atoms. The van der Waals surface area contributed by atoms with E-state index in [1.54, 1.807) is 0 Å². The van der Waals surface area contributed by atoms with E-state index in [-0.39, 0.29) is 0 Å². The molecular weight excluding hydrogens is 639 g/mol. The van der Waals surface area contributed by atoms with Gasteiger partial charge in [-0.3, -0.25) is 0 Å².